The largest absolute Gasteiger partial charge is 0.337 e. The molecule has 2 amide bonds. The molecular formula is C21H28N6O2. The predicted molar refractivity (Wildman–Crippen MR) is 107 cm³/mol. The zero-order valence-electron chi connectivity index (χ0n) is 17.1. The minimum atomic E-state index is -0.0517. The summed E-state index contributed by atoms with van der Waals surface area (Å²) in [6.45, 7) is 6.47. The van der Waals surface area contributed by atoms with Crippen molar-refractivity contribution in [2.45, 2.75) is 52.5 Å². The van der Waals surface area contributed by atoms with Gasteiger partial charge in [0.2, 0.25) is 5.91 Å². The number of nitrogens with zero attached hydrogens (tertiary/aromatic N) is 5. The van der Waals surface area contributed by atoms with E-state index in [4.69, 9.17) is 0 Å². The maximum Gasteiger partial charge on any atom is 0.274 e. The minimum absolute atomic E-state index is 0.0205. The summed E-state index contributed by atoms with van der Waals surface area (Å²) in [5.74, 6) is 0.134. The standard InChI is InChI=1S/C21H28N6O2/c1-3-16-9-18(25-24-16)20(29)26-8-4-6-21(13-26)7-5-19(28)27(14-21)12-17-11-22-15(2)10-23-17/h9-11H,3-8,12-14H2,1-2H3,(H,24,25)/t21-/m1/s1. The molecule has 8 nitrogen and oxygen atoms in total. The van der Waals surface area contributed by atoms with E-state index >= 15 is 0 Å². The molecule has 0 unspecified atom stereocenters. The van der Waals surface area contributed by atoms with Crippen LogP contribution in [-0.4, -0.2) is 61.4 Å². The predicted octanol–water partition coefficient (Wildman–Crippen LogP) is 2.12. The van der Waals surface area contributed by atoms with E-state index in [1.807, 2.05) is 29.7 Å². The number of amides is 2. The highest BCUT2D eigenvalue weighted by atomic mass is 16.2. The smallest absolute Gasteiger partial charge is 0.274 e. The highest BCUT2D eigenvalue weighted by Crippen LogP contribution is 2.39. The van der Waals surface area contributed by atoms with E-state index < -0.39 is 0 Å². The normalized spacial score (nSPS) is 22.3. The van der Waals surface area contributed by atoms with Gasteiger partial charge in [-0.25, -0.2) is 0 Å². The Labute approximate surface area is 170 Å². The van der Waals surface area contributed by atoms with Gasteiger partial charge in [0.05, 0.1) is 24.1 Å². The summed E-state index contributed by atoms with van der Waals surface area (Å²) in [5, 5.41) is 7.12. The first-order valence-corrected chi connectivity index (χ1v) is 10.4. The third-order valence-electron chi connectivity index (χ3n) is 6.11. The Morgan fingerprint density at radius 1 is 1.24 bits per heavy atom. The highest BCUT2D eigenvalue weighted by Gasteiger charge is 2.43. The molecule has 0 saturated carbocycles. The zero-order valence-corrected chi connectivity index (χ0v) is 17.1. The van der Waals surface area contributed by atoms with Crippen LogP contribution in [0.3, 0.4) is 0 Å². The van der Waals surface area contributed by atoms with Crippen molar-refractivity contribution >= 4 is 11.8 Å². The molecule has 154 valence electrons. The molecular weight excluding hydrogens is 368 g/mol. The van der Waals surface area contributed by atoms with Crippen molar-refractivity contribution in [2.75, 3.05) is 19.6 Å². The number of likely N-dealkylation sites (tertiary alicyclic amines) is 2. The number of piperidine rings is 2. The number of hydrogen-bond donors (Lipinski definition) is 1. The first-order valence-electron chi connectivity index (χ1n) is 10.4. The van der Waals surface area contributed by atoms with Crippen molar-refractivity contribution < 1.29 is 9.59 Å². The van der Waals surface area contributed by atoms with Crippen molar-refractivity contribution in [2.24, 2.45) is 5.41 Å². The fourth-order valence-electron chi connectivity index (χ4n) is 4.47. The van der Waals surface area contributed by atoms with Crippen LogP contribution in [0, 0.1) is 12.3 Å². The van der Waals surface area contributed by atoms with E-state index in [0.717, 1.165) is 49.3 Å². The lowest BCUT2D eigenvalue weighted by atomic mass is 9.73. The molecule has 0 bridgehead atoms. The second-order valence-corrected chi connectivity index (χ2v) is 8.36. The Morgan fingerprint density at radius 3 is 2.83 bits per heavy atom. The molecule has 2 aliphatic rings. The summed E-state index contributed by atoms with van der Waals surface area (Å²) < 4.78 is 0. The average molecular weight is 396 g/mol. The van der Waals surface area contributed by atoms with Crippen LogP contribution in [0.5, 0.6) is 0 Å². The van der Waals surface area contributed by atoms with Gasteiger partial charge in [0, 0.05) is 43.4 Å². The van der Waals surface area contributed by atoms with Crippen LogP contribution in [0.15, 0.2) is 18.5 Å². The van der Waals surface area contributed by atoms with Gasteiger partial charge < -0.3 is 9.80 Å². The summed E-state index contributed by atoms with van der Waals surface area (Å²) in [7, 11) is 0. The molecule has 2 aromatic rings. The maximum absolute atomic E-state index is 13.0. The first kappa shape index (κ1) is 19.5. The number of carbonyl (C=O) groups excluding carboxylic acids is 2. The van der Waals surface area contributed by atoms with Gasteiger partial charge in [-0.05, 0) is 38.7 Å². The van der Waals surface area contributed by atoms with Gasteiger partial charge in [0.1, 0.15) is 5.69 Å². The third kappa shape index (κ3) is 4.16. The van der Waals surface area contributed by atoms with E-state index in [2.05, 4.69) is 20.2 Å². The Kier molecular flexibility index (Phi) is 5.34. The molecule has 0 radical (unpaired) electrons. The zero-order chi connectivity index (χ0) is 20.4. The number of carbonyl (C=O) groups is 2. The van der Waals surface area contributed by atoms with E-state index in [0.29, 0.717) is 31.7 Å². The lowest BCUT2D eigenvalue weighted by Gasteiger charge is -2.48. The van der Waals surface area contributed by atoms with Crippen molar-refractivity contribution in [1.82, 2.24) is 30.0 Å². The van der Waals surface area contributed by atoms with Crippen LogP contribution in [0.2, 0.25) is 0 Å². The van der Waals surface area contributed by atoms with E-state index in [1.165, 1.54) is 0 Å². The summed E-state index contributed by atoms with van der Waals surface area (Å²) in [4.78, 5) is 38.0. The molecule has 0 aromatic carbocycles. The molecule has 2 aliphatic heterocycles. The van der Waals surface area contributed by atoms with Gasteiger partial charge in [-0.3, -0.25) is 24.7 Å². The summed E-state index contributed by atoms with van der Waals surface area (Å²) in [6, 6.07) is 1.84. The van der Waals surface area contributed by atoms with Crippen molar-refractivity contribution in [1.29, 1.82) is 0 Å². The second kappa shape index (κ2) is 7.93. The van der Waals surface area contributed by atoms with Gasteiger partial charge >= 0.3 is 0 Å². The first-order chi connectivity index (χ1) is 14.0. The van der Waals surface area contributed by atoms with Gasteiger partial charge in [-0.15, -0.1) is 0 Å². The molecule has 8 heteroatoms. The molecule has 4 rings (SSSR count). The SMILES string of the molecule is CCc1cc(C(=O)N2CCC[C@@]3(CCC(=O)N(Cc4cnc(C)cn4)C3)C2)n[nH]1. The molecule has 29 heavy (non-hydrogen) atoms. The average Bonchev–Trinajstić information content (AvgIpc) is 3.21. The molecule has 2 aromatic heterocycles. The number of aromatic amines is 1. The quantitative estimate of drug-likeness (QED) is 0.854. The molecule has 4 heterocycles. The topological polar surface area (TPSA) is 95.1 Å². The Hall–Kier alpha value is -2.77. The lowest BCUT2D eigenvalue weighted by molar-refractivity contribution is -0.139. The number of aryl methyl sites for hydroxylation is 2. The number of rotatable bonds is 4. The number of nitrogens with one attached hydrogen (secondary N) is 1. The van der Waals surface area contributed by atoms with Crippen LogP contribution in [0.1, 0.15) is 60.2 Å². The Bertz CT molecular complexity index is 893. The molecule has 1 spiro atoms. The van der Waals surface area contributed by atoms with Gasteiger partial charge in [0.15, 0.2) is 0 Å². The molecule has 1 N–H and O–H groups in total. The lowest BCUT2D eigenvalue weighted by Crippen LogP contribution is -2.54. The minimum Gasteiger partial charge on any atom is -0.337 e. The van der Waals surface area contributed by atoms with E-state index in [1.54, 1.807) is 12.4 Å². The van der Waals surface area contributed by atoms with Crippen molar-refractivity contribution in [3.05, 3.63) is 41.2 Å². The van der Waals surface area contributed by atoms with Gasteiger partial charge in [0.25, 0.3) is 5.91 Å². The summed E-state index contributed by atoms with van der Waals surface area (Å²) in [6.07, 6.45) is 7.61. The second-order valence-electron chi connectivity index (χ2n) is 8.36. The fraction of sp³-hybridized carbons (Fsp3) is 0.571. The van der Waals surface area contributed by atoms with Crippen LogP contribution < -0.4 is 0 Å². The van der Waals surface area contributed by atoms with Gasteiger partial charge in [-0.1, -0.05) is 6.92 Å². The summed E-state index contributed by atoms with van der Waals surface area (Å²) in [5.41, 5.74) is 3.06. The van der Waals surface area contributed by atoms with Crippen molar-refractivity contribution in [3.8, 4) is 0 Å². The highest BCUT2D eigenvalue weighted by molar-refractivity contribution is 5.92. The number of hydrogen-bond acceptors (Lipinski definition) is 5. The number of aromatic nitrogens is 4. The van der Waals surface area contributed by atoms with E-state index in [-0.39, 0.29) is 17.2 Å². The number of H-pyrrole nitrogens is 1. The van der Waals surface area contributed by atoms with Crippen LogP contribution >= 0.6 is 0 Å². The van der Waals surface area contributed by atoms with E-state index in [9.17, 15) is 9.59 Å². The Balaban J connectivity index is 1.47. The van der Waals surface area contributed by atoms with Crippen LogP contribution in [-0.2, 0) is 17.8 Å². The maximum atomic E-state index is 13.0. The molecule has 2 saturated heterocycles. The Morgan fingerprint density at radius 2 is 2.10 bits per heavy atom. The van der Waals surface area contributed by atoms with Gasteiger partial charge in [-0.2, -0.15) is 5.10 Å². The molecule has 0 aliphatic carbocycles. The monoisotopic (exact) mass is 396 g/mol. The van der Waals surface area contributed by atoms with Crippen LogP contribution in [0.25, 0.3) is 0 Å². The van der Waals surface area contributed by atoms with Crippen molar-refractivity contribution in [3.63, 3.8) is 0 Å². The molecule has 1 atom stereocenters. The molecule has 2 fully saturated rings. The fourth-order valence-corrected chi connectivity index (χ4v) is 4.47. The third-order valence-corrected chi connectivity index (χ3v) is 6.11. The summed E-state index contributed by atoms with van der Waals surface area (Å²) >= 11 is 0. The van der Waals surface area contributed by atoms with Crippen LogP contribution in [0.4, 0.5) is 0 Å².